The molecule has 0 saturated carbocycles. The molecule has 3 heterocycles. The zero-order valence-electron chi connectivity index (χ0n) is 18.1. The van der Waals surface area contributed by atoms with Gasteiger partial charge in [0.2, 0.25) is 10.0 Å². The predicted octanol–water partition coefficient (Wildman–Crippen LogP) is 3.38. The number of nitrogens with zero attached hydrogens (tertiary/aromatic N) is 4. The molecule has 4 rings (SSSR count). The van der Waals surface area contributed by atoms with Crippen LogP contribution in [0.2, 0.25) is 0 Å². The molecule has 0 amide bonds. The summed E-state index contributed by atoms with van der Waals surface area (Å²) in [5.74, 6) is -0.409. The van der Waals surface area contributed by atoms with Crippen molar-refractivity contribution < 1.29 is 13.2 Å². The number of benzene rings is 1. The molecule has 0 unspecified atom stereocenters. The average molecular weight is 459 g/mol. The Bertz CT molecular complexity index is 1240. The number of carbonyl (C=O) groups excluding carboxylic acids is 1. The minimum Gasteiger partial charge on any atom is -0.369 e. The maximum absolute atomic E-state index is 13.4. The molecule has 0 N–H and O–H groups in total. The molecule has 0 spiro atoms. The Hall–Kier alpha value is -2.49. The third kappa shape index (κ3) is 4.05. The van der Waals surface area contributed by atoms with E-state index in [1.54, 1.807) is 25.3 Å². The Kier molecular flexibility index (Phi) is 5.76. The summed E-state index contributed by atoms with van der Waals surface area (Å²) in [6.07, 6.45) is 0. The van der Waals surface area contributed by atoms with Crippen molar-refractivity contribution in [2.45, 2.75) is 32.6 Å². The second-order valence-corrected chi connectivity index (χ2v) is 10.8. The second-order valence-electron chi connectivity index (χ2n) is 7.94. The summed E-state index contributed by atoms with van der Waals surface area (Å²) in [4.78, 5) is 15.5. The van der Waals surface area contributed by atoms with E-state index in [4.69, 9.17) is 0 Å². The van der Waals surface area contributed by atoms with Gasteiger partial charge in [0.15, 0.2) is 0 Å². The number of aromatic nitrogens is 2. The Balaban J connectivity index is 1.56. The predicted molar refractivity (Wildman–Crippen MR) is 123 cm³/mol. The van der Waals surface area contributed by atoms with Crippen LogP contribution >= 0.6 is 11.3 Å². The molecule has 1 aliphatic rings. The van der Waals surface area contributed by atoms with E-state index >= 15 is 0 Å². The highest BCUT2D eigenvalue weighted by molar-refractivity contribution is 7.89. The third-order valence-corrected chi connectivity index (χ3v) is 8.56. The number of carbonyl (C=O) groups is 1. The lowest BCUT2D eigenvalue weighted by Gasteiger charge is -2.36. The molecule has 7 nitrogen and oxygen atoms in total. The minimum atomic E-state index is -3.78. The molecule has 1 saturated heterocycles. The van der Waals surface area contributed by atoms with Gasteiger partial charge in [-0.2, -0.15) is 9.40 Å². The Morgan fingerprint density at radius 3 is 2.35 bits per heavy atom. The number of hydrogen-bond donors (Lipinski definition) is 0. The van der Waals surface area contributed by atoms with Crippen molar-refractivity contribution in [1.29, 1.82) is 0 Å². The van der Waals surface area contributed by atoms with Crippen molar-refractivity contribution in [3.63, 3.8) is 0 Å². The van der Waals surface area contributed by atoms with E-state index in [9.17, 15) is 13.2 Å². The topological polar surface area (TPSA) is 75.5 Å². The largest absolute Gasteiger partial charge is 0.369 e. The molecule has 0 radical (unpaired) electrons. The van der Waals surface area contributed by atoms with E-state index in [0.29, 0.717) is 31.9 Å². The fraction of sp³-hybridized carbons (Fsp3) is 0.364. The molecular formula is C22H26N4O3S2. The summed E-state index contributed by atoms with van der Waals surface area (Å²) < 4.78 is 29.5. The molecule has 9 heteroatoms. The molecule has 1 fully saturated rings. The molecule has 0 aliphatic carbocycles. The lowest BCUT2D eigenvalue weighted by molar-refractivity contribution is 0.0943. The maximum atomic E-state index is 13.4. The zero-order valence-corrected chi connectivity index (χ0v) is 19.8. The number of thiophene rings is 1. The Labute approximate surface area is 187 Å². The van der Waals surface area contributed by atoms with Crippen molar-refractivity contribution in [3.05, 3.63) is 63.1 Å². The first kappa shape index (κ1) is 21.7. The molecular weight excluding hydrogens is 432 g/mol. The number of rotatable bonds is 4. The van der Waals surface area contributed by atoms with Gasteiger partial charge in [0.25, 0.3) is 5.91 Å². The van der Waals surface area contributed by atoms with Gasteiger partial charge in [0.05, 0.1) is 5.69 Å². The SMILES string of the molecule is Cc1ccc(C)c(N2CCN(S(=O)(=O)c3ccsc3C(=O)n3nc(C)cc3C)CC2)c1. The van der Waals surface area contributed by atoms with Gasteiger partial charge in [-0.3, -0.25) is 4.79 Å². The smallest absolute Gasteiger partial charge is 0.289 e. The van der Waals surface area contributed by atoms with Gasteiger partial charge in [0.1, 0.15) is 9.77 Å². The first-order valence-electron chi connectivity index (χ1n) is 10.2. The first-order chi connectivity index (χ1) is 14.7. The zero-order chi connectivity index (χ0) is 22.3. The quantitative estimate of drug-likeness (QED) is 0.599. The van der Waals surface area contributed by atoms with Crippen LogP contribution in [0.5, 0.6) is 0 Å². The van der Waals surface area contributed by atoms with Crippen LogP contribution in [0, 0.1) is 27.7 Å². The molecule has 0 atom stereocenters. The lowest BCUT2D eigenvalue weighted by Crippen LogP contribution is -2.49. The van der Waals surface area contributed by atoms with Crippen LogP contribution in [0.1, 0.15) is 32.2 Å². The van der Waals surface area contributed by atoms with Crippen LogP contribution in [-0.2, 0) is 10.0 Å². The van der Waals surface area contributed by atoms with E-state index in [1.165, 1.54) is 26.2 Å². The van der Waals surface area contributed by atoms with Crippen molar-refractivity contribution in [2.75, 3.05) is 31.1 Å². The summed E-state index contributed by atoms with van der Waals surface area (Å²) in [6, 6.07) is 9.64. The van der Waals surface area contributed by atoms with Crippen molar-refractivity contribution in [1.82, 2.24) is 14.1 Å². The van der Waals surface area contributed by atoms with Gasteiger partial charge >= 0.3 is 0 Å². The highest BCUT2D eigenvalue weighted by atomic mass is 32.2. The van der Waals surface area contributed by atoms with E-state index in [-0.39, 0.29) is 9.77 Å². The highest BCUT2D eigenvalue weighted by Gasteiger charge is 2.33. The summed E-state index contributed by atoms with van der Waals surface area (Å²) in [5.41, 5.74) is 4.91. The molecule has 31 heavy (non-hydrogen) atoms. The van der Waals surface area contributed by atoms with Crippen LogP contribution in [-0.4, -0.2) is 54.6 Å². The molecule has 1 aromatic carbocycles. The second kappa shape index (κ2) is 8.22. The van der Waals surface area contributed by atoms with Gasteiger partial charge in [-0.1, -0.05) is 12.1 Å². The number of hydrogen-bond acceptors (Lipinski definition) is 6. The minimum absolute atomic E-state index is 0.0650. The summed E-state index contributed by atoms with van der Waals surface area (Å²) in [6.45, 7) is 9.67. The first-order valence-corrected chi connectivity index (χ1v) is 12.5. The maximum Gasteiger partial charge on any atom is 0.289 e. The summed E-state index contributed by atoms with van der Waals surface area (Å²) >= 11 is 1.14. The monoisotopic (exact) mass is 458 g/mol. The number of sulfonamides is 1. The Morgan fingerprint density at radius 2 is 1.71 bits per heavy atom. The molecule has 164 valence electrons. The Morgan fingerprint density at radius 1 is 1.00 bits per heavy atom. The highest BCUT2D eigenvalue weighted by Crippen LogP contribution is 2.29. The number of piperazine rings is 1. The molecule has 0 bridgehead atoms. The van der Waals surface area contributed by atoms with E-state index in [1.807, 2.05) is 0 Å². The van der Waals surface area contributed by atoms with Crippen LogP contribution in [0.15, 0.2) is 40.6 Å². The van der Waals surface area contributed by atoms with E-state index in [2.05, 4.69) is 42.0 Å². The fourth-order valence-electron chi connectivity index (χ4n) is 3.96. The van der Waals surface area contributed by atoms with Crippen molar-refractivity contribution in [3.8, 4) is 0 Å². The van der Waals surface area contributed by atoms with E-state index < -0.39 is 15.9 Å². The fourth-order valence-corrected chi connectivity index (χ4v) is 6.70. The van der Waals surface area contributed by atoms with Gasteiger partial charge in [-0.05, 0) is 62.4 Å². The van der Waals surface area contributed by atoms with Crippen molar-refractivity contribution >= 4 is 33.0 Å². The number of anilines is 1. The number of aryl methyl sites for hydroxylation is 4. The lowest BCUT2D eigenvalue weighted by atomic mass is 10.1. The molecule has 1 aliphatic heterocycles. The standard InChI is InChI=1S/C22H26N4O3S2/c1-15-5-6-16(2)19(13-15)24-8-10-25(11-9-24)31(28,29)20-7-12-30-21(20)22(27)26-18(4)14-17(3)23-26/h5-7,12-14H,8-11H2,1-4H3. The molecule has 3 aromatic rings. The van der Waals surface area contributed by atoms with Crippen LogP contribution in [0.25, 0.3) is 0 Å². The normalized spacial score (nSPS) is 15.4. The van der Waals surface area contributed by atoms with Gasteiger partial charge < -0.3 is 4.90 Å². The van der Waals surface area contributed by atoms with Gasteiger partial charge in [-0.15, -0.1) is 11.3 Å². The summed E-state index contributed by atoms with van der Waals surface area (Å²) in [7, 11) is -3.78. The average Bonchev–Trinajstić information content (AvgIpc) is 3.36. The van der Waals surface area contributed by atoms with E-state index in [0.717, 1.165) is 22.7 Å². The summed E-state index contributed by atoms with van der Waals surface area (Å²) in [5, 5.41) is 5.87. The van der Waals surface area contributed by atoms with Gasteiger partial charge in [0, 0.05) is 37.6 Å². The van der Waals surface area contributed by atoms with Crippen LogP contribution in [0.4, 0.5) is 5.69 Å². The van der Waals surface area contributed by atoms with Gasteiger partial charge in [-0.25, -0.2) is 13.1 Å². The third-order valence-electron chi connectivity index (χ3n) is 5.59. The molecule has 2 aromatic heterocycles. The van der Waals surface area contributed by atoms with Crippen LogP contribution < -0.4 is 4.90 Å². The van der Waals surface area contributed by atoms with Crippen molar-refractivity contribution in [2.24, 2.45) is 0 Å². The van der Waals surface area contributed by atoms with Crippen LogP contribution in [0.3, 0.4) is 0 Å².